The summed E-state index contributed by atoms with van der Waals surface area (Å²) in [5.74, 6) is 3.70. The normalized spacial score (nSPS) is 39.5. The molecule has 1 amide bonds. The zero-order chi connectivity index (χ0) is 11.0. The Hall–Kier alpha value is -0.530. The van der Waals surface area contributed by atoms with Crippen LogP contribution in [-0.4, -0.2) is 23.9 Å². The largest absolute Gasteiger partial charge is 0.342 e. The molecule has 2 nitrogen and oxygen atoms in total. The lowest BCUT2D eigenvalue weighted by Gasteiger charge is -2.22. The molecule has 1 heterocycles. The highest BCUT2D eigenvalue weighted by molar-refractivity contribution is 5.76. The van der Waals surface area contributed by atoms with E-state index in [4.69, 9.17) is 0 Å². The summed E-state index contributed by atoms with van der Waals surface area (Å²) >= 11 is 0. The second-order valence-electron chi connectivity index (χ2n) is 5.34. The number of fused-ring (bicyclic) bond motifs is 1. The summed E-state index contributed by atoms with van der Waals surface area (Å²) in [6.07, 6.45) is 3.34. The first-order valence-electron chi connectivity index (χ1n) is 6.45. The Morgan fingerprint density at radius 1 is 1.33 bits per heavy atom. The molecule has 0 aromatic rings. The molecule has 1 aliphatic carbocycles. The molecule has 0 aromatic heterocycles. The molecule has 1 saturated carbocycles. The van der Waals surface area contributed by atoms with Crippen LogP contribution in [0.5, 0.6) is 0 Å². The van der Waals surface area contributed by atoms with E-state index < -0.39 is 0 Å². The first-order valence-corrected chi connectivity index (χ1v) is 6.45. The first-order chi connectivity index (χ1) is 7.17. The SMILES string of the molecule is CCC(=O)N1CC2CC(CC)C(C)C2C1. The number of rotatable bonds is 2. The average molecular weight is 209 g/mol. The topological polar surface area (TPSA) is 20.3 Å². The van der Waals surface area contributed by atoms with E-state index in [2.05, 4.69) is 18.7 Å². The molecule has 1 saturated heterocycles. The summed E-state index contributed by atoms with van der Waals surface area (Å²) in [7, 11) is 0. The third-order valence-electron chi connectivity index (χ3n) is 4.70. The second-order valence-corrected chi connectivity index (χ2v) is 5.34. The van der Waals surface area contributed by atoms with Gasteiger partial charge in [0, 0.05) is 19.5 Å². The van der Waals surface area contributed by atoms with Crippen molar-refractivity contribution in [1.82, 2.24) is 4.90 Å². The lowest BCUT2D eigenvalue weighted by Crippen LogP contribution is -2.30. The van der Waals surface area contributed by atoms with Crippen molar-refractivity contribution >= 4 is 5.91 Å². The molecule has 2 heteroatoms. The van der Waals surface area contributed by atoms with Crippen LogP contribution in [0.2, 0.25) is 0 Å². The van der Waals surface area contributed by atoms with Gasteiger partial charge in [-0.15, -0.1) is 0 Å². The molecule has 2 rings (SSSR count). The van der Waals surface area contributed by atoms with Gasteiger partial charge in [-0.2, -0.15) is 0 Å². The summed E-state index contributed by atoms with van der Waals surface area (Å²) < 4.78 is 0. The minimum Gasteiger partial charge on any atom is -0.342 e. The first kappa shape index (κ1) is 11.0. The van der Waals surface area contributed by atoms with E-state index >= 15 is 0 Å². The van der Waals surface area contributed by atoms with Crippen molar-refractivity contribution in [1.29, 1.82) is 0 Å². The van der Waals surface area contributed by atoms with Gasteiger partial charge in [0.15, 0.2) is 0 Å². The van der Waals surface area contributed by atoms with Gasteiger partial charge in [-0.05, 0) is 30.1 Å². The Labute approximate surface area is 93.0 Å². The number of carbonyl (C=O) groups excluding carboxylic acids is 1. The lowest BCUT2D eigenvalue weighted by molar-refractivity contribution is -0.130. The Kier molecular flexibility index (Phi) is 3.03. The maximum Gasteiger partial charge on any atom is 0.222 e. The number of likely N-dealkylation sites (tertiary alicyclic amines) is 1. The van der Waals surface area contributed by atoms with Gasteiger partial charge in [0.1, 0.15) is 0 Å². The molecule has 1 aliphatic heterocycles. The van der Waals surface area contributed by atoms with E-state index in [1.165, 1.54) is 12.8 Å². The third kappa shape index (κ3) is 1.79. The van der Waals surface area contributed by atoms with Crippen LogP contribution in [0.3, 0.4) is 0 Å². The molecule has 15 heavy (non-hydrogen) atoms. The molecule has 0 aromatic carbocycles. The second kappa shape index (κ2) is 4.15. The highest BCUT2D eigenvalue weighted by Crippen LogP contribution is 2.46. The summed E-state index contributed by atoms with van der Waals surface area (Å²) in [5, 5.41) is 0. The van der Waals surface area contributed by atoms with Crippen molar-refractivity contribution in [3.63, 3.8) is 0 Å². The van der Waals surface area contributed by atoms with E-state index in [0.29, 0.717) is 12.3 Å². The van der Waals surface area contributed by atoms with Crippen LogP contribution in [-0.2, 0) is 4.79 Å². The number of amides is 1. The van der Waals surface area contributed by atoms with E-state index in [1.807, 2.05) is 6.92 Å². The van der Waals surface area contributed by atoms with Gasteiger partial charge in [-0.25, -0.2) is 0 Å². The summed E-state index contributed by atoms with van der Waals surface area (Å²) in [5.41, 5.74) is 0. The van der Waals surface area contributed by atoms with Gasteiger partial charge >= 0.3 is 0 Å². The van der Waals surface area contributed by atoms with E-state index in [0.717, 1.165) is 36.8 Å². The zero-order valence-corrected chi connectivity index (χ0v) is 10.2. The van der Waals surface area contributed by atoms with Crippen molar-refractivity contribution < 1.29 is 4.79 Å². The number of nitrogens with zero attached hydrogens (tertiary/aromatic N) is 1. The van der Waals surface area contributed by atoms with Gasteiger partial charge < -0.3 is 4.90 Å². The molecular weight excluding hydrogens is 186 g/mol. The fraction of sp³-hybridized carbons (Fsp3) is 0.923. The monoisotopic (exact) mass is 209 g/mol. The molecule has 4 atom stereocenters. The van der Waals surface area contributed by atoms with Crippen molar-refractivity contribution in [3.8, 4) is 0 Å². The van der Waals surface area contributed by atoms with Crippen molar-refractivity contribution in [3.05, 3.63) is 0 Å². The fourth-order valence-electron chi connectivity index (χ4n) is 3.66. The molecular formula is C13H23NO. The van der Waals surface area contributed by atoms with E-state index in [1.54, 1.807) is 0 Å². The molecule has 0 spiro atoms. The Morgan fingerprint density at radius 3 is 2.60 bits per heavy atom. The van der Waals surface area contributed by atoms with Crippen LogP contribution < -0.4 is 0 Å². The van der Waals surface area contributed by atoms with Gasteiger partial charge in [0.05, 0.1) is 0 Å². The number of hydrogen-bond donors (Lipinski definition) is 0. The fourth-order valence-corrected chi connectivity index (χ4v) is 3.66. The van der Waals surface area contributed by atoms with Crippen molar-refractivity contribution in [2.45, 2.75) is 40.0 Å². The number of carbonyl (C=O) groups is 1. The van der Waals surface area contributed by atoms with Crippen LogP contribution in [0.4, 0.5) is 0 Å². The molecule has 0 bridgehead atoms. The van der Waals surface area contributed by atoms with Crippen molar-refractivity contribution in [2.75, 3.05) is 13.1 Å². The molecule has 2 aliphatic rings. The van der Waals surface area contributed by atoms with Gasteiger partial charge in [-0.3, -0.25) is 4.79 Å². The molecule has 4 unspecified atom stereocenters. The van der Waals surface area contributed by atoms with Crippen LogP contribution in [0.15, 0.2) is 0 Å². The van der Waals surface area contributed by atoms with Crippen LogP contribution in [0, 0.1) is 23.7 Å². The lowest BCUT2D eigenvalue weighted by atomic mass is 9.89. The quantitative estimate of drug-likeness (QED) is 0.684. The number of hydrogen-bond acceptors (Lipinski definition) is 1. The predicted molar refractivity (Wildman–Crippen MR) is 61.4 cm³/mol. The van der Waals surface area contributed by atoms with Crippen LogP contribution in [0.1, 0.15) is 40.0 Å². The van der Waals surface area contributed by atoms with Gasteiger partial charge in [0.25, 0.3) is 0 Å². The maximum atomic E-state index is 11.6. The van der Waals surface area contributed by atoms with Gasteiger partial charge in [-0.1, -0.05) is 27.2 Å². The van der Waals surface area contributed by atoms with E-state index in [9.17, 15) is 4.79 Å². The standard InChI is InChI=1S/C13H23NO/c1-4-10-6-11-7-14(13(15)5-2)8-12(11)9(10)3/h9-12H,4-8H2,1-3H3. The zero-order valence-electron chi connectivity index (χ0n) is 10.2. The summed E-state index contributed by atoms with van der Waals surface area (Å²) in [4.78, 5) is 13.7. The smallest absolute Gasteiger partial charge is 0.222 e. The molecule has 2 fully saturated rings. The van der Waals surface area contributed by atoms with Crippen LogP contribution in [0.25, 0.3) is 0 Å². The summed E-state index contributed by atoms with van der Waals surface area (Å²) in [6, 6.07) is 0. The highest BCUT2D eigenvalue weighted by Gasteiger charge is 2.45. The molecule has 0 N–H and O–H groups in total. The average Bonchev–Trinajstić information content (AvgIpc) is 2.77. The highest BCUT2D eigenvalue weighted by atomic mass is 16.2. The predicted octanol–water partition coefficient (Wildman–Crippen LogP) is 2.54. The maximum absolute atomic E-state index is 11.6. The van der Waals surface area contributed by atoms with E-state index in [-0.39, 0.29) is 0 Å². The Morgan fingerprint density at radius 2 is 2.07 bits per heavy atom. The molecule has 0 radical (unpaired) electrons. The summed E-state index contributed by atoms with van der Waals surface area (Å²) in [6.45, 7) is 8.73. The Balaban J connectivity index is 1.98. The van der Waals surface area contributed by atoms with Crippen LogP contribution >= 0.6 is 0 Å². The molecule has 86 valence electrons. The Bertz CT molecular complexity index is 251. The van der Waals surface area contributed by atoms with Gasteiger partial charge in [0.2, 0.25) is 5.91 Å². The minimum absolute atomic E-state index is 0.352. The third-order valence-corrected chi connectivity index (χ3v) is 4.70. The minimum atomic E-state index is 0.352. The van der Waals surface area contributed by atoms with Crippen molar-refractivity contribution in [2.24, 2.45) is 23.7 Å².